The van der Waals surface area contributed by atoms with Gasteiger partial charge in [0.1, 0.15) is 6.33 Å². The molecule has 112 valence electrons. The van der Waals surface area contributed by atoms with Crippen LogP contribution in [0.2, 0.25) is 0 Å². The quantitative estimate of drug-likeness (QED) is 0.872. The van der Waals surface area contributed by atoms with Gasteiger partial charge in [0.2, 0.25) is 0 Å². The van der Waals surface area contributed by atoms with Crippen molar-refractivity contribution in [3.63, 3.8) is 0 Å². The van der Waals surface area contributed by atoms with Crippen molar-refractivity contribution >= 4 is 5.82 Å². The first-order chi connectivity index (χ1) is 9.91. The predicted octanol–water partition coefficient (Wildman–Crippen LogP) is 3.81. The zero-order valence-corrected chi connectivity index (χ0v) is 11.2. The molecule has 0 fully saturated rings. The number of halogens is 4. The zero-order chi connectivity index (χ0) is 15.5. The summed E-state index contributed by atoms with van der Waals surface area (Å²) in [5.41, 5.74) is -0.0864. The molecule has 0 aliphatic rings. The Morgan fingerprint density at radius 1 is 1.19 bits per heavy atom. The van der Waals surface area contributed by atoms with Crippen LogP contribution in [-0.4, -0.2) is 9.97 Å². The lowest BCUT2D eigenvalue weighted by molar-refractivity contribution is -0.137. The number of anilines is 1. The molecule has 0 spiro atoms. The van der Waals surface area contributed by atoms with Crippen molar-refractivity contribution < 1.29 is 17.6 Å². The maximum Gasteiger partial charge on any atom is 0.416 e. The van der Waals surface area contributed by atoms with E-state index >= 15 is 0 Å². The highest BCUT2D eigenvalue weighted by Crippen LogP contribution is 2.29. The van der Waals surface area contributed by atoms with Crippen molar-refractivity contribution in [3.05, 3.63) is 53.2 Å². The van der Waals surface area contributed by atoms with Gasteiger partial charge in [0.25, 0.3) is 0 Å². The fourth-order valence-corrected chi connectivity index (χ4v) is 1.82. The highest BCUT2D eigenvalue weighted by atomic mass is 19.4. The smallest absolute Gasteiger partial charge is 0.363 e. The van der Waals surface area contributed by atoms with Crippen molar-refractivity contribution in [2.45, 2.75) is 26.1 Å². The van der Waals surface area contributed by atoms with E-state index in [0.29, 0.717) is 12.0 Å². The van der Waals surface area contributed by atoms with Crippen LogP contribution < -0.4 is 5.32 Å². The molecule has 0 aliphatic heterocycles. The average molecular weight is 299 g/mol. The van der Waals surface area contributed by atoms with Gasteiger partial charge in [-0.05, 0) is 24.1 Å². The molecule has 0 bridgehead atoms. The molecule has 7 heteroatoms. The van der Waals surface area contributed by atoms with Crippen LogP contribution in [0.4, 0.5) is 23.4 Å². The number of benzene rings is 1. The van der Waals surface area contributed by atoms with Gasteiger partial charge in [0.15, 0.2) is 11.6 Å². The van der Waals surface area contributed by atoms with Crippen molar-refractivity contribution in [1.82, 2.24) is 9.97 Å². The Hall–Kier alpha value is -2.18. The van der Waals surface area contributed by atoms with Gasteiger partial charge < -0.3 is 5.32 Å². The molecule has 0 saturated carbocycles. The first-order valence-corrected chi connectivity index (χ1v) is 6.31. The number of hydrogen-bond acceptors (Lipinski definition) is 3. The Morgan fingerprint density at radius 2 is 1.95 bits per heavy atom. The summed E-state index contributed by atoms with van der Waals surface area (Å²) in [6.45, 7) is 1.79. The second-order valence-electron chi connectivity index (χ2n) is 4.39. The van der Waals surface area contributed by atoms with Gasteiger partial charge in [-0.25, -0.2) is 14.4 Å². The van der Waals surface area contributed by atoms with Crippen LogP contribution in [0.1, 0.15) is 23.7 Å². The summed E-state index contributed by atoms with van der Waals surface area (Å²) < 4.78 is 51.7. The normalized spacial score (nSPS) is 11.5. The molecule has 0 saturated heterocycles. The van der Waals surface area contributed by atoms with Gasteiger partial charge in [0.05, 0.1) is 11.3 Å². The molecule has 21 heavy (non-hydrogen) atoms. The monoisotopic (exact) mass is 299 g/mol. The molecule has 2 aromatic rings. The first-order valence-electron chi connectivity index (χ1n) is 6.31. The molecular formula is C14H13F4N3. The molecule has 0 radical (unpaired) electrons. The predicted molar refractivity (Wildman–Crippen MR) is 70.1 cm³/mol. The molecule has 1 aromatic carbocycles. The Kier molecular flexibility index (Phi) is 4.40. The van der Waals surface area contributed by atoms with Gasteiger partial charge >= 0.3 is 6.18 Å². The lowest BCUT2D eigenvalue weighted by Crippen LogP contribution is -2.09. The highest BCUT2D eigenvalue weighted by molar-refractivity contribution is 5.39. The number of aryl methyl sites for hydroxylation is 1. The van der Waals surface area contributed by atoms with Crippen molar-refractivity contribution in [2.24, 2.45) is 0 Å². The minimum atomic E-state index is -4.40. The summed E-state index contributed by atoms with van der Waals surface area (Å²) in [4.78, 5) is 7.54. The molecule has 0 aliphatic carbocycles. The van der Waals surface area contributed by atoms with Gasteiger partial charge in [-0.3, -0.25) is 0 Å². The van der Waals surface area contributed by atoms with Crippen LogP contribution in [0.25, 0.3) is 0 Å². The van der Waals surface area contributed by atoms with E-state index in [4.69, 9.17) is 0 Å². The van der Waals surface area contributed by atoms with Gasteiger partial charge in [-0.15, -0.1) is 0 Å². The molecule has 0 atom stereocenters. The molecule has 3 nitrogen and oxygen atoms in total. The van der Waals surface area contributed by atoms with Crippen molar-refractivity contribution in [2.75, 3.05) is 5.32 Å². The summed E-state index contributed by atoms with van der Waals surface area (Å²) in [6, 6.07) is 4.85. The topological polar surface area (TPSA) is 37.8 Å². The minimum absolute atomic E-state index is 0.0146. The van der Waals surface area contributed by atoms with E-state index in [1.54, 1.807) is 6.92 Å². The molecule has 0 unspecified atom stereocenters. The third-order valence-corrected chi connectivity index (χ3v) is 2.91. The number of nitrogens with zero attached hydrogens (tertiary/aromatic N) is 2. The van der Waals surface area contributed by atoms with Crippen LogP contribution in [0.5, 0.6) is 0 Å². The second kappa shape index (κ2) is 6.07. The van der Waals surface area contributed by atoms with E-state index in [1.165, 1.54) is 18.5 Å². The van der Waals surface area contributed by atoms with Gasteiger partial charge in [0, 0.05) is 6.54 Å². The summed E-state index contributed by atoms with van der Waals surface area (Å²) in [5, 5.41) is 2.69. The van der Waals surface area contributed by atoms with Gasteiger partial charge in [-0.2, -0.15) is 13.2 Å². The Balaban J connectivity index is 2.14. The second-order valence-corrected chi connectivity index (χ2v) is 4.39. The fraction of sp³-hybridized carbons (Fsp3) is 0.286. The Labute approximate surface area is 119 Å². The van der Waals surface area contributed by atoms with E-state index in [-0.39, 0.29) is 18.1 Å². The van der Waals surface area contributed by atoms with E-state index in [1.807, 2.05) is 0 Å². The lowest BCUT2D eigenvalue weighted by Gasteiger charge is -2.11. The third kappa shape index (κ3) is 3.68. The van der Waals surface area contributed by atoms with Crippen LogP contribution in [0.3, 0.4) is 0 Å². The molecule has 1 N–H and O–H groups in total. The minimum Gasteiger partial charge on any atom is -0.363 e. The van der Waals surface area contributed by atoms with Crippen LogP contribution in [0.15, 0.2) is 30.6 Å². The van der Waals surface area contributed by atoms with E-state index < -0.39 is 17.6 Å². The van der Waals surface area contributed by atoms with Crippen LogP contribution in [-0.2, 0) is 19.1 Å². The summed E-state index contributed by atoms with van der Waals surface area (Å²) in [6.07, 6.45) is -2.77. The van der Waals surface area contributed by atoms with Gasteiger partial charge in [-0.1, -0.05) is 19.1 Å². The standard InChI is InChI=1S/C14H13F4N3/c1-2-11-12(15)13(21-8-20-11)19-7-9-4-3-5-10(6-9)14(16,17)18/h3-6,8H,2,7H2,1H3,(H,19,20,21). The molecule has 2 rings (SSSR count). The van der Waals surface area contributed by atoms with E-state index in [0.717, 1.165) is 12.1 Å². The molecule has 1 heterocycles. The van der Waals surface area contributed by atoms with Crippen molar-refractivity contribution in [1.29, 1.82) is 0 Å². The fourth-order valence-electron chi connectivity index (χ4n) is 1.82. The molecule has 1 aromatic heterocycles. The Morgan fingerprint density at radius 3 is 2.62 bits per heavy atom. The summed E-state index contributed by atoms with van der Waals surface area (Å²) in [7, 11) is 0. The van der Waals surface area contributed by atoms with E-state index in [2.05, 4.69) is 15.3 Å². The van der Waals surface area contributed by atoms with Crippen LogP contribution in [0, 0.1) is 5.82 Å². The number of alkyl halides is 3. The SMILES string of the molecule is CCc1ncnc(NCc2cccc(C(F)(F)F)c2)c1F. The largest absolute Gasteiger partial charge is 0.416 e. The third-order valence-electron chi connectivity index (χ3n) is 2.91. The summed E-state index contributed by atoms with van der Waals surface area (Å²) in [5.74, 6) is -0.591. The first kappa shape index (κ1) is 15.2. The Bertz CT molecular complexity index is 626. The average Bonchev–Trinajstić information content (AvgIpc) is 2.45. The van der Waals surface area contributed by atoms with Crippen LogP contribution >= 0.6 is 0 Å². The highest BCUT2D eigenvalue weighted by Gasteiger charge is 2.30. The lowest BCUT2D eigenvalue weighted by atomic mass is 10.1. The number of nitrogens with one attached hydrogen (secondary N) is 1. The maximum absolute atomic E-state index is 13.9. The summed E-state index contributed by atoms with van der Waals surface area (Å²) >= 11 is 0. The van der Waals surface area contributed by atoms with Crippen molar-refractivity contribution in [3.8, 4) is 0 Å². The maximum atomic E-state index is 13.9. The molecular weight excluding hydrogens is 286 g/mol. The number of rotatable bonds is 4. The zero-order valence-electron chi connectivity index (χ0n) is 11.2. The molecule has 0 amide bonds. The van der Waals surface area contributed by atoms with E-state index in [9.17, 15) is 17.6 Å². The number of aromatic nitrogens is 2. The number of hydrogen-bond donors (Lipinski definition) is 1.